The lowest BCUT2D eigenvalue weighted by Crippen LogP contribution is -2.07. The molecule has 0 aliphatic carbocycles. The third-order valence-electron chi connectivity index (χ3n) is 1.65. The maximum absolute atomic E-state index is 13.0. The summed E-state index contributed by atoms with van der Waals surface area (Å²) in [6.45, 7) is 2.37. The molecular formula is C10H11BrF2O. The first-order chi connectivity index (χ1) is 6.55. The lowest BCUT2D eigenvalue weighted by Gasteiger charge is -2.14. The topological polar surface area (TPSA) is 9.23 Å². The van der Waals surface area contributed by atoms with Crippen molar-refractivity contribution in [1.82, 2.24) is 0 Å². The van der Waals surface area contributed by atoms with Gasteiger partial charge in [0.15, 0.2) is 0 Å². The van der Waals surface area contributed by atoms with Gasteiger partial charge in [0.1, 0.15) is 5.75 Å². The largest absolute Gasteiger partial charge is 0.493 e. The van der Waals surface area contributed by atoms with Crippen LogP contribution in [-0.4, -0.2) is 6.61 Å². The van der Waals surface area contributed by atoms with Crippen LogP contribution in [0.4, 0.5) is 8.78 Å². The smallest absolute Gasteiger partial charge is 0.330 e. The molecule has 0 bridgehead atoms. The minimum absolute atomic E-state index is 0.131. The standard InChI is InChI=1S/C10H11BrF2O/c1-2-7-14-9-6-4-3-5-8(9)10(11,12)13/h3-6H,2,7H2,1H3. The van der Waals surface area contributed by atoms with Crippen LogP contribution in [0.15, 0.2) is 24.3 Å². The summed E-state index contributed by atoms with van der Waals surface area (Å²) in [5.74, 6) is 0.233. The van der Waals surface area contributed by atoms with Crippen LogP contribution in [0.1, 0.15) is 18.9 Å². The van der Waals surface area contributed by atoms with Gasteiger partial charge in [0.25, 0.3) is 0 Å². The highest BCUT2D eigenvalue weighted by atomic mass is 79.9. The molecule has 0 aliphatic heterocycles. The summed E-state index contributed by atoms with van der Waals surface area (Å²) in [6.07, 6.45) is 0.794. The van der Waals surface area contributed by atoms with Gasteiger partial charge in [0, 0.05) is 0 Å². The van der Waals surface area contributed by atoms with E-state index >= 15 is 0 Å². The van der Waals surface area contributed by atoms with Crippen molar-refractivity contribution in [2.75, 3.05) is 6.61 Å². The molecule has 0 N–H and O–H groups in total. The van der Waals surface area contributed by atoms with Gasteiger partial charge in [0.2, 0.25) is 0 Å². The molecule has 0 saturated heterocycles. The maximum Gasteiger partial charge on any atom is 0.330 e. The molecule has 14 heavy (non-hydrogen) atoms. The highest BCUT2D eigenvalue weighted by Crippen LogP contribution is 2.39. The van der Waals surface area contributed by atoms with Crippen molar-refractivity contribution in [2.45, 2.75) is 18.2 Å². The van der Waals surface area contributed by atoms with Crippen LogP contribution in [0.2, 0.25) is 0 Å². The van der Waals surface area contributed by atoms with Gasteiger partial charge in [-0.15, -0.1) is 0 Å². The molecule has 0 amide bonds. The van der Waals surface area contributed by atoms with Crippen LogP contribution in [0.3, 0.4) is 0 Å². The van der Waals surface area contributed by atoms with Gasteiger partial charge in [-0.3, -0.25) is 0 Å². The normalized spacial score (nSPS) is 11.4. The second kappa shape index (κ2) is 4.73. The molecule has 0 saturated carbocycles. The average molecular weight is 265 g/mol. The monoisotopic (exact) mass is 264 g/mol. The summed E-state index contributed by atoms with van der Waals surface area (Å²) in [4.78, 5) is -3.03. The molecule has 1 nitrogen and oxygen atoms in total. The number of rotatable bonds is 4. The van der Waals surface area contributed by atoms with Crippen molar-refractivity contribution in [3.63, 3.8) is 0 Å². The summed E-state index contributed by atoms with van der Waals surface area (Å²) in [5, 5.41) is 0. The Kier molecular flexibility index (Phi) is 3.86. The first kappa shape index (κ1) is 11.4. The molecule has 78 valence electrons. The number of hydrogen-bond donors (Lipinski definition) is 0. The summed E-state index contributed by atoms with van der Waals surface area (Å²) in [5.41, 5.74) is -0.131. The first-order valence-corrected chi connectivity index (χ1v) is 5.14. The molecule has 0 aliphatic rings. The fourth-order valence-corrected chi connectivity index (χ4v) is 1.37. The number of hydrogen-bond acceptors (Lipinski definition) is 1. The highest BCUT2D eigenvalue weighted by Gasteiger charge is 2.30. The van der Waals surface area contributed by atoms with Crippen molar-refractivity contribution >= 4 is 15.9 Å². The Bertz CT molecular complexity index is 296. The van der Waals surface area contributed by atoms with Crippen LogP contribution >= 0.6 is 15.9 Å². The van der Waals surface area contributed by atoms with E-state index in [0.717, 1.165) is 6.42 Å². The number of ether oxygens (including phenoxy) is 1. The van der Waals surface area contributed by atoms with Crippen LogP contribution in [0.5, 0.6) is 5.75 Å². The molecule has 0 unspecified atom stereocenters. The highest BCUT2D eigenvalue weighted by molar-refractivity contribution is 9.09. The summed E-state index contributed by atoms with van der Waals surface area (Å²) in [7, 11) is 0. The fraction of sp³-hybridized carbons (Fsp3) is 0.400. The Morgan fingerprint density at radius 1 is 1.36 bits per heavy atom. The first-order valence-electron chi connectivity index (χ1n) is 4.34. The van der Waals surface area contributed by atoms with E-state index in [9.17, 15) is 8.78 Å². The Balaban J connectivity index is 2.92. The van der Waals surface area contributed by atoms with Gasteiger partial charge in [-0.1, -0.05) is 19.1 Å². The van der Waals surface area contributed by atoms with Crippen LogP contribution in [0, 0.1) is 0 Å². The van der Waals surface area contributed by atoms with E-state index in [1.54, 1.807) is 18.2 Å². The van der Waals surface area contributed by atoms with Crippen LogP contribution in [-0.2, 0) is 4.83 Å². The molecule has 0 radical (unpaired) electrons. The van der Waals surface area contributed by atoms with E-state index in [0.29, 0.717) is 6.61 Å². The quantitative estimate of drug-likeness (QED) is 0.750. The molecule has 1 aromatic carbocycles. The van der Waals surface area contributed by atoms with Crippen LogP contribution in [0.25, 0.3) is 0 Å². The minimum Gasteiger partial charge on any atom is -0.493 e. The number of halogens is 3. The zero-order valence-electron chi connectivity index (χ0n) is 7.77. The van der Waals surface area contributed by atoms with Gasteiger partial charge >= 0.3 is 4.83 Å². The van der Waals surface area contributed by atoms with E-state index in [-0.39, 0.29) is 11.3 Å². The predicted octanol–water partition coefficient (Wildman–Crippen LogP) is 3.92. The van der Waals surface area contributed by atoms with E-state index in [1.807, 2.05) is 6.92 Å². The van der Waals surface area contributed by atoms with E-state index < -0.39 is 4.83 Å². The fourth-order valence-electron chi connectivity index (χ4n) is 1.04. The molecule has 4 heteroatoms. The Morgan fingerprint density at radius 3 is 2.57 bits per heavy atom. The van der Waals surface area contributed by atoms with Gasteiger partial charge in [-0.05, 0) is 34.5 Å². The zero-order chi connectivity index (χ0) is 10.6. The predicted molar refractivity (Wildman–Crippen MR) is 55.0 cm³/mol. The number of benzene rings is 1. The molecule has 1 aromatic rings. The van der Waals surface area contributed by atoms with E-state index in [1.165, 1.54) is 6.07 Å². The van der Waals surface area contributed by atoms with Crippen molar-refractivity contribution in [3.8, 4) is 5.75 Å². The lowest BCUT2D eigenvalue weighted by atomic mass is 10.2. The molecule has 0 heterocycles. The third kappa shape index (κ3) is 2.94. The second-order valence-electron chi connectivity index (χ2n) is 2.84. The molecule has 0 fully saturated rings. The molecule has 0 spiro atoms. The average Bonchev–Trinajstić information content (AvgIpc) is 2.14. The van der Waals surface area contributed by atoms with Crippen molar-refractivity contribution in [1.29, 1.82) is 0 Å². The summed E-state index contributed by atoms with van der Waals surface area (Å²) >= 11 is 2.32. The van der Waals surface area contributed by atoms with Crippen molar-refractivity contribution in [3.05, 3.63) is 29.8 Å². The molecule has 1 rings (SSSR count). The summed E-state index contributed by atoms with van der Waals surface area (Å²) < 4.78 is 31.2. The second-order valence-corrected chi connectivity index (χ2v) is 3.84. The summed E-state index contributed by atoms with van der Waals surface area (Å²) in [6, 6.07) is 6.12. The Hall–Kier alpha value is -0.640. The van der Waals surface area contributed by atoms with Gasteiger partial charge in [0.05, 0.1) is 12.2 Å². The zero-order valence-corrected chi connectivity index (χ0v) is 9.35. The lowest BCUT2D eigenvalue weighted by molar-refractivity contribution is 0.109. The Labute approximate surface area is 90.2 Å². The van der Waals surface area contributed by atoms with Gasteiger partial charge < -0.3 is 4.74 Å². The number of para-hydroxylation sites is 1. The molecule has 0 atom stereocenters. The maximum atomic E-state index is 13.0. The molecule has 0 aromatic heterocycles. The van der Waals surface area contributed by atoms with Gasteiger partial charge in [-0.2, -0.15) is 8.78 Å². The third-order valence-corrected chi connectivity index (χ3v) is 2.08. The molecular weight excluding hydrogens is 254 g/mol. The minimum atomic E-state index is -3.03. The van der Waals surface area contributed by atoms with E-state index in [4.69, 9.17) is 4.74 Å². The van der Waals surface area contributed by atoms with Crippen molar-refractivity contribution < 1.29 is 13.5 Å². The van der Waals surface area contributed by atoms with Crippen molar-refractivity contribution in [2.24, 2.45) is 0 Å². The van der Waals surface area contributed by atoms with E-state index in [2.05, 4.69) is 15.9 Å². The number of alkyl halides is 3. The Morgan fingerprint density at radius 2 is 2.00 bits per heavy atom. The van der Waals surface area contributed by atoms with Gasteiger partial charge in [-0.25, -0.2) is 0 Å². The van der Waals surface area contributed by atoms with Crippen LogP contribution < -0.4 is 4.74 Å². The SMILES string of the molecule is CCCOc1ccccc1C(F)(F)Br.